The summed E-state index contributed by atoms with van der Waals surface area (Å²) in [5, 5.41) is 2.40. The van der Waals surface area contributed by atoms with E-state index in [4.69, 9.17) is 14.2 Å². The van der Waals surface area contributed by atoms with E-state index >= 15 is 0 Å². The molecule has 1 heterocycles. The number of benzene rings is 2. The maximum absolute atomic E-state index is 12.5. The summed E-state index contributed by atoms with van der Waals surface area (Å²) in [7, 11) is 4.57. The van der Waals surface area contributed by atoms with Gasteiger partial charge >= 0.3 is 0 Å². The van der Waals surface area contributed by atoms with Gasteiger partial charge in [-0.05, 0) is 29.8 Å². The van der Waals surface area contributed by atoms with Crippen LogP contribution in [-0.2, 0) is 4.79 Å². The summed E-state index contributed by atoms with van der Waals surface area (Å²) in [6, 6.07) is 10.4. The minimum atomic E-state index is -0.673. The number of hydrogen-bond acceptors (Lipinski definition) is 5. The monoisotopic (exact) mass is 327 g/mol. The molecule has 1 aliphatic heterocycles. The van der Waals surface area contributed by atoms with Gasteiger partial charge in [-0.25, -0.2) is 0 Å². The van der Waals surface area contributed by atoms with Crippen molar-refractivity contribution in [3.8, 4) is 17.2 Å². The Bertz CT molecular complexity index is 798. The van der Waals surface area contributed by atoms with E-state index in [1.54, 1.807) is 43.5 Å². The second-order valence-corrected chi connectivity index (χ2v) is 5.29. The molecule has 24 heavy (non-hydrogen) atoms. The van der Waals surface area contributed by atoms with Crippen LogP contribution in [0.5, 0.6) is 17.2 Å². The average Bonchev–Trinajstić information content (AvgIpc) is 2.61. The van der Waals surface area contributed by atoms with Crippen LogP contribution in [0.15, 0.2) is 36.4 Å². The maximum Gasteiger partial charge on any atom is 0.258 e. The van der Waals surface area contributed by atoms with Crippen molar-refractivity contribution in [1.29, 1.82) is 0 Å². The first-order valence-corrected chi connectivity index (χ1v) is 7.34. The van der Waals surface area contributed by atoms with Gasteiger partial charge in [0.15, 0.2) is 11.5 Å². The molecule has 124 valence electrons. The van der Waals surface area contributed by atoms with E-state index in [1.807, 2.05) is 0 Å². The fourth-order valence-electron chi connectivity index (χ4n) is 2.93. The summed E-state index contributed by atoms with van der Waals surface area (Å²) >= 11 is 0. The first-order valence-electron chi connectivity index (χ1n) is 7.34. The third-order valence-corrected chi connectivity index (χ3v) is 4.07. The molecule has 0 saturated heterocycles. The van der Waals surface area contributed by atoms with Crippen molar-refractivity contribution in [3.63, 3.8) is 0 Å². The van der Waals surface area contributed by atoms with E-state index < -0.39 is 17.7 Å². The van der Waals surface area contributed by atoms with E-state index in [0.29, 0.717) is 28.4 Å². The van der Waals surface area contributed by atoms with Gasteiger partial charge in [-0.3, -0.25) is 14.9 Å². The van der Waals surface area contributed by atoms with Crippen molar-refractivity contribution in [2.24, 2.45) is 0 Å². The van der Waals surface area contributed by atoms with Crippen LogP contribution in [-0.4, -0.2) is 33.1 Å². The number of imide groups is 1. The third kappa shape index (κ3) is 2.46. The second kappa shape index (κ2) is 6.23. The van der Waals surface area contributed by atoms with Crippen molar-refractivity contribution in [3.05, 3.63) is 53.1 Å². The van der Waals surface area contributed by atoms with E-state index in [0.717, 1.165) is 5.56 Å². The van der Waals surface area contributed by atoms with Gasteiger partial charge in [0.2, 0.25) is 5.91 Å². The lowest BCUT2D eigenvalue weighted by Crippen LogP contribution is -2.41. The molecule has 0 spiro atoms. The zero-order chi connectivity index (χ0) is 17.3. The zero-order valence-corrected chi connectivity index (χ0v) is 13.6. The zero-order valence-electron chi connectivity index (χ0n) is 13.6. The summed E-state index contributed by atoms with van der Waals surface area (Å²) < 4.78 is 15.9. The topological polar surface area (TPSA) is 73.9 Å². The highest BCUT2D eigenvalue weighted by Crippen LogP contribution is 2.42. The Kier molecular flexibility index (Phi) is 4.12. The molecule has 2 aromatic carbocycles. The van der Waals surface area contributed by atoms with Crippen molar-refractivity contribution < 1.29 is 23.8 Å². The largest absolute Gasteiger partial charge is 0.497 e. The van der Waals surface area contributed by atoms with E-state index in [-0.39, 0.29) is 0 Å². The van der Waals surface area contributed by atoms with Gasteiger partial charge in [-0.1, -0.05) is 12.1 Å². The van der Waals surface area contributed by atoms with Crippen LogP contribution in [0.1, 0.15) is 27.4 Å². The molecule has 6 nitrogen and oxygen atoms in total. The standard InChI is InChI=1S/C18H17NO5/c1-22-11-6-4-10(5-7-11)14-15-12(17(20)19-18(14)21)8-9-13(23-2)16(15)24-3/h4-9,14H,1-3H3,(H,19,20,21). The normalized spacial score (nSPS) is 16.2. The molecule has 1 unspecified atom stereocenters. The molecule has 0 aliphatic carbocycles. The molecule has 2 aromatic rings. The molecule has 6 heteroatoms. The summed E-state index contributed by atoms with van der Waals surface area (Å²) in [6.07, 6.45) is 0. The van der Waals surface area contributed by atoms with Gasteiger partial charge in [0, 0.05) is 11.1 Å². The van der Waals surface area contributed by atoms with Crippen LogP contribution in [0, 0.1) is 0 Å². The summed E-state index contributed by atoms with van der Waals surface area (Å²) in [4.78, 5) is 24.7. The highest BCUT2D eigenvalue weighted by Gasteiger charge is 2.37. The Labute approximate surface area is 139 Å². The minimum Gasteiger partial charge on any atom is -0.497 e. The SMILES string of the molecule is COc1ccc(C2C(=O)NC(=O)c3ccc(OC)c(OC)c32)cc1. The van der Waals surface area contributed by atoms with Gasteiger partial charge < -0.3 is 14.2 Å². The predicted octanol–water partition coefficient (Wildman–Crippen LogP) is 2.11. The molecule has 0 bridgehead atoms. The number of hydrogen-bond donors (Lipinski definition) is 1. The van der Waals surface area contributed by atoms with Gasteiger partial charge in [0.25, 0.3) is 5.91 Å². The highest BCUT2D eigenvalue weighted by atomic mass is 16.5. The Morgan fingerprint density at radius 1 is 0.875 bits per heavy atom. The number of methoxy groups -OCH3 is 3. The van der Waals surface area contributed by atoms with Crippen molar-refractivity contribution in [2.45, 2.75) is 5.92 Å². The van der Waals surface area contributed by atoms with Gasteiger partial charge in [-0.15, -0.1) is 0 Å². The van der Waals surface area contributed by atoms with Gasteiger partial charge in [0.1, 0.15) is 5.75 Å². The lowest BCUT2D eigenvalue weighted by Gasteiger charge is -2.27. The number of fused-ring (bicyclic) bond motifs is 1. The van der Waals surface area contributed by atoms with Crippen LogP contribution in [0.25, 0.3) is 0 Å². The summed E-state index contributed by atoms with van der Waals surface area (Å²) in [5.41, 5.74) is 1.64. The first-order chi connectivity index (χ1) is 11.6. The molecule has 0 saturated carbocycles. The van der Waals surface area contributed by atoms with E-state index in [2.05, 4.69) is 5.32 Å². The molecular weight excluding hydrogens is 310 g/mol. The van der Waals surface area contributed by atoms with Crippen LogP contribution in [0.3, 0.4) is 0 Å². The van der Waals surface area contributed by atoms with E-state index in [9.17, 15) is 9.59 Å². The molecule has 1 N–H and O–H groups in total. The second-order valence-electron chi connectivity index (χ2n) is 5.29. The van der Waals surface area contributed by atoms with Crippen LogP contribution >= 0.6 is 0 Å². The first kappa shape index (κ1) is 15.9. The number of nitrogens with one attached hydrogen (secondary N) is 1. The molecule has 2 amide bonds. The molecule has 0 aromatic heterocycles. The van der Waals surface area contributed by atoms with Crippen molar-refractivity contribution >= 4 is 11.8 Å². The summed E-state index contributed by atoms with van der Waals surface area (Å²) in [5.74, 6) is 0.0266. The number of carbonyl (C=O) groups excluding carboxylic acids is 2. The fourth-order valence-corrected chi connectivity index (χ4v) is 2.93. The molecule has 0 radical (unpaired) electrons. The van der Waals surface area contributed by atoms with Crippen LogP contribution in [0.2, 0.25) is 0 Å². The fraction of sp³-hybridized carbons (Fsp3) is 0.222. The number of amides is 2. The predicted molar refractivity (Wildman–Crippen MR) is 86.9 cm³/mol. The van der Waals surface area contributed by atoms with Gasteiger partial charge in [0.05, 0.1) is 27.2 Å². The smallest absolute Gasteiger partial charge is 0.258 e. The minimum absolute atomic E-state index is 0.388. The number of rotatable bonds is 4. The quantitative estimate of drug-likeness (QED) is 0.871. The third-order valence-electron chi connectivity index (χ3n) is 4.07. The van der Waals surface area contributed by atoms with Gasteiger partial charge in [-0.2, -0.15) is 0 Å². The molecular formula is C18H17NO5. The molecule has 3 rings (SSSR count). The molecule has 1 aliphatic rings. The summed E-state index contributed by atoms with van der Waals surface area (Å²) in [6.45, 7) is 0. The Hall–Kier alpha value is -3.02. The van der Waals surface area contributed by atoms with E-state index in [1.165, 1.54) is 14.2 Å². The van der Waals surface area contributed by atoms with Crippen LogP contribution < -0.4 is 19.5 Å². The Morgan fingerprint density at radius 3 is 2.17 bits per heavy atom. The van der Waals surface area contributed by atoms with Crippen molar-refractivity contribution in [1.82, 2.24) is 5.32 Å². The maximum atomic E-state index is 12.5. The molecule has 1 atom stereocenters. The highest BCUT2D eigenvalue weighted by molar-refractivity contribution is 6.13. The lowest BCUT2D eigenvalue weighted by molar-refractivity contribution is -0.121. The lowest BCUT2D eigenvalue weighted by atomic mass is 9.83. The Morgan fingerprint density at radius 2 is 1.58 bits per heavy atom. The Balaban J connectivity index is 2.22. The number of ether oxygens (including phenoxy) is 3. The number of carbonyl (C=O) groups is 2. The molecule has 0 fully saturated rings. The van der Waals surface area contributed by atoms with Crippen LogP contribution in [0.4, 0.5) is 0 Å². The van der Waals surface area contributed by atoms with Crippen molar-refractivity contribution in [2.75, 3.05) is 21.3 Å². The average molecular weight is 327 g/mol.